The predicted octanol–water partition coefficient (Wildman–Crippen LogP) is -1.90. The fourth-order valence-electron chi connectivity index (χ4n) is 10.2. The second-order valence-corrected chi connectivity index (χ2v) is 16.0. The Kier molecular flexibility index (Phi) is 10.1. The molecule has 0 aromatic rings. The summed E-state index contributed by atoms with van der Waals surface area (Å²) in [5, 5.41) is 64.8. The average molecular weight is 769 g/mol. The van der Waals surface area contributed by atoms with Crippen LogP contribution in [0.4, 0.5) is 0 Å². The Morgan fingerprint density at radius 2 is 1.67 bits per heavy atom. The first-order valence-electron chi connectivity index (χ1n) is 17.7. The zero-order valence-corrected chi connectivity index (χ0v) is 30.9. The highest BCUT2D eigenvalue weighted by molar-refractivity contribution is 5.96. The van der Waals surface area contributed by atoms with Gasteiger partial charge in [-0.05, 0) is 56.6 Å². The molecule has 3 saturated heterocycles. The van der Waals surface area contributed by atoms with Crippen LogP contribution in [0.3, 0.4) is 0 Å². The number of aliphatic hydroxyl groups is 6. The van der Waals surface area contributed by atoms with Crippen molar-refractivity contribution in [2.75, 3.05) is 20.3 Å². The van der Waals surface area contributed by atoms with Gasteiger partial charge in [0.15, 0.2) is 11.5 Å². The number of hydrogen-bond donors (Lipinski definition) is 6. The SMILES string of the molecule is COC(=O)[C@@]12OC[C@]34C([C@@H](O)C1O)[C@@]1(C)CC(=O)C(O[C@@H]5O[C@H](CO)[C@@H](O)[C@@H](O)[C@H]5O)=C(C)C1C[C@H]3OC(=O)C(OC(=O)/C=C(\C)C(C)(C)OC(C)=O)[C@H]42. The molecule has 0 aromatic heterocycles. The summed E-state index contributed by atoms with van der Waals surface area (Å²) in [7, 11) is 1.03. The number of carbonyl (C=O) groups excluding carboxylic acids is 5. The van der Waals surface area contributed by atoms with Crippen molar-refractivity contribution in [3.05, 3.63) is 23.0 Å². The molecule has 15 atom stereocenters. The van der Waals surface area contributed by atoms with Crippen LogP contribution in [0.1, 0.15) is 54.4 Å². The van der Waals surface area contributed by atoms with Gasteiger partial charge in [0.05, 0.1) is 32.3 Å². The van der Waals surface area contributed by atoms with E-state index in [0.29, 0.717) is 5.57 Å². The maximum Gasteiger partial charge on any atom is 0.348 e. The van der Waals surface area contributed by atoms with Gasteiger partial charge < -0.3 is 63.8 Å². The molecule has 18 nitrogen and oxygen atoms in total. The summed E-state index contributed by atoms with van der Waals surface area (Å²) in [5.41, 5.74) is -5.89. The Labute approximate surface area is 309 Å². The molecular weight excluding hydrogens is 720 g/mol. The summed E-state index contributed by atoms with van der Waals surface area (Å²) in [6.45, 7) is 7.94. The van der Waals surface area contributed by atoms with E-state index in [-0.39, 0.29) is 30.8 Å². The average Bonchev–Trinajstić information content (AvgIpc) is 3.40. The third-order valence-corrected chi connectivity index (χ3v) is 12.8. The molecule has 2 bridgehead atoms. The zero-order valence-electron chi connectivity index (χ0n) is 30.9. The molecule has 0 radical (unpaired) electrons. The zero-order chi connectivity index (χ0) is 40.0. The molecule has 54 heavy (non-hydrogen) atoms. The van der Waals surface area contributed by atoms with E-state index >= 15 is 0 Å². The number of fused-ring (bicyclic) bond motifs is 2. The van der Waals surface area contributed by atoms with Crippen molar-refractivity contribution in [2.45, 2.75) is 121 Å². The highest BCUT2D eigenvalue weighted by Crippen LogP contribution is 2.73. The van der Waals surface area contributed by atoms with Gasteiger partial charge in [-0.3, -0.25) is 9.59 Å². The van der Waals surface area contributed by atoms with Gasteiger partial charge in [-0.15, -0.1) is 0 Å². The van der Waals surface area contributed by atoms with Crippen LogP contribution in [0, 0.1) is 28.6 Å². The highest BCUT2D eigenvalue weighted by Gasteiger charge is 2.85. The van der Waals surface area contributed by atoms with Crippen LogP contribution in [-0.2, 0) is 57.1 Å². The highest BCUT2D eigenvalue weighted by atomic mass is 16.7. The van der Waals surface area contributed by atoms with Crippen molar-refractivity contribution in [1.29, 1.82) is 0 Å². The van der Waals surface area contributed by atoms with Crippen molar-refractivity contribution in [2.24, 2.45) is 28.6 Å². The Morgan fingerprint density at radius 3 is 2.28 bits per heavy atom. The van der Waals surface area contributed by atoms with Crippen molar-refractivity contribution in [1.82, 2.24) is 0 Å². The fourth-order valence-corrected chi connectivity index (χ4v) is 10.2. The van der Waals surface area contributed by atoms with E-state index in [2.05, 4.69) is 0 Å². The van der Waals surface area contributed by atoms with Crippen LogP contribution >= 0.6 is 0 Å². The summed E-state index contributed by atoms with van der Waals surface area (Å²) in [6.07, 6.45) is -14.4. The first-order valence-corrected chi connectivity index (χ1v) is 17.7. The third-order valence-electron chi connectivity index (χ3n) is 12.8. The smallest absolute Gasteiger partial charge is 0.348 e. The Balaban J connectivity index is 1.41. The number of carbonyl (C=O) groups is 5. The van der Waals surface area contributed by atoms with Crippen LogP contribution in [0.25, 0.3) is 0 Å². The van der Waals surface area contributed by atoms with E-state index in [1.165, 1.54) is 27.7 Å². The molecule has 2 saturated carbocycles. The number of ketones is 1. The minimum absolute atomic E-state index is 0.0183. The number of hydrogen-bond acceptors (Lipinski definition) is 18. The largest absolute Gasteiger partial charge is 0.467 e. The van der Waals surface area contributed by atoms with E-state index in [1.807, 2.05) is 0 Å². The van der Waals surface area contributed by atoms with E-state index < -0.39 is 131 Å². The van der Waals surface area contributed by atoms with E-state index in [1.54, 1.807) is 13.8 Å². The quantitative estimate of drug-likeness (QED) is 0.0894. The lowest BCUT2D eigenvalue weighted by Gasteiger charge is -2.67. The summed E-state index contributed by atoms with van der Waals surface area (Å²) in [5.74, 6) is -8.09. The molecule has 3 aliphatic heterocycles. The topological polar surface area (TPSA) is 271 Å². The summed E-state index contributed by atoms with van der Waals surface area (Å²) < 4.78 is 39.6. The van der Waals surface area contributed by atoms with Crippen LogP contribution in [0.5, 0.6) is 0 Å². The number of esters is 4. The van der Waals surface area contributed by atoms with Crippen LogP contribution in [0.15, 0.2) is 23.0 Å². The number of rotatable bonds is 8. The molecule has 6 aliphatic rings. The molecule has 0 aromatic carbocycles. The number of methoxy groups -OCH3 is 1. The molecule has 5 fully saturated rings. The van der Waals surface area contributed by atoms with E-state index in [0.717, 1.165) is 13.2 Å². The van der Waals surface area contributed by atoms with Gasteiger partial charge in [0.2, 0.25) is 18.0 Å². The van der Waals surface area contributed by atoms with Gasteiger partial charge in [0.1, 0.15) is 42.2 Å². The van der Waals surface area contributed by atoms with Crippen molar-refractivity contribution in [3.8, 4) is 0 Å². The summed E-state index contributed by atoms with van der Waals surface area (Å²) in [6, 6.07) is 0. The van der Waals surface area contributed by atoms with Crippen LogP contribution < -0.4 is 0 Å². The van der Waals surface area contributed by atoms with Gasteiger partial charge >= 0.3 is 23.9 Å². The minimum atomic E-state index is -2.41. The molecular formula is C36H48O18. The predicted molar refractivity (Wildman–Crippen MR) is 175 cm³/mol. The van der Waals surface area contributed by atoms with Crippen LogP contribution in [0.2, 0.25) is 0 Å². The second kappa shape index (κ2) is 13.6. The second-order valence-electron chi connectivity index (χ2n) is 16.0. The number of allylic oxidation sites excluding steroid dienone is 2. The lowest BCUT2D eigenvalue weighted by molar-refractivity contribution is -0.296. The first kappa shape index (κ1) is 40.2. The molecule has 6 rings (SSSR count). The van der Waals surface area contributed by atoms with Gasteiger partial charge in [-0.2, -0.15) is 0 Å². The Hall–Kier alpha value is -3.49. The Bertz CT molecular complexity index is 1670. The summed E-state index contributed by atoms with van der Waals surface area (Å²) in [4.78, 5) is 66.9. The summed E-state index contributed by atoms with van der Waals surface area (Å²) >= 11 is 0. The molecule has 18 heteroatoms. The van der Waals surface area contributed by atoms with E-state index in [9.17, 15) is 54.6 Å². The molecule has 3 aliphatic carbocycles. The molecule has 3 heterocycles. The molecule has 4 unspecified atom stereocenters. The Morgan fingerprint density at radius 1 is 1.00 bits per heavy atom. The van der Waals surface area contributed by atoms with Crippen LogP contribution in [-0.4, -0.2) is 147 Å². The first-order chi connectivity index (χ1) is 25.1. The standard InChI is InChI=1S/C36H48O18/c1-13(33(4,5)54-15(3)38)8-20(40)52-26-28-35-12-49-36(28,32(47)48-7)29(45)24(44)27(35)34(6)10-17(39)25(14(2)16(34)9-19(35)51-30(26)46)53-31-23(43)22(42)21(41)18(11-37)50-31/h8,16,18-19,21-24,26-29,31,37,41-45H,9-12H2,1-7H3/b13-8+/t16?,18-,19-,21-,22-,23-,24-,26?,27?,28-,29?,31+,34+,35-,36+/m1/s1. The van der Waals surface area contributed by atoms with Gasteiger partial charge in [0.25, 0.3) is 0 Å². The van der Waals surface area contributed by atoms with Crippen molar-refractivity contribution < 1.29 is 87.8 Å². The van der Waals surface area contributed by atoms with Gasteiger partial charge in [-0.25, -0.2) is 14.4 Å². The van der Waals surface area contributed by atoms with Crippen molar-refractivity contribution in [3.63, 3.8) is 0 Å². The number of Topliss-reactive ketones (excluding diaryl/α,β-unsaturated/α-hetero) is 1. The maximum atomic E-state index is 14.1. The number of aliphatic hydroxyl groups excluding tert-OH is 6. The third kappa shape index (κ3) is 5.63. The van der Waals surface area contributed by atoms with E-state index in [4.69, 9.17) is 33.2 Å². The number of ether oxygens (including phenoxy) is 7. The van der Waals surface area contributed by atoms with Gasteiger partial charge in [-0.1, -0.05) is 6.92 Å². The molecule has 0 amide bonds. The minimum Gasteiger partial charge on any atom is -0.467 e. The molecule has 1 spiro atoms. The van der Waals surface area contributed by atoms with Gasteiger partial charge in [0, 0.05) is 30.8 Å². The molecule has 300 valence electrons. The lowest BCUT2D eigenvalue weighted by atomic mass is 9.38. The lowest BCUT2D eigenvalue weighted by Crippen LogP contribution is -2.79. The normalized spacial score (nSPS) is 44.4. The fraction of sp³-hybridized carbons (Fsp3) is 0.750. The monoisotopic (exact) mass is 768 g/mol. The molecule has 6 N–H and O–H groups in total. The van der Waals surface area contributed by atoms with Crippen molar-refractivity contribution >= 4 is 29.7 Å². The maximum absolute atomic E-state index is 14.1.